The summed E-state index contributed by atoms with van der Waals surface area (Å²) in [6.45, 7) is 2.89. The highest BCUT2D eigenvalue weighted by Gasteiger charge is 2.27. The van der Waals surface area contributed by atoms with Crippen molar-refractivity contribution in [1.82, 2.24) is 14.5 Å². The summed E-state index contributed by atoms with van der Waals surface area (Å²) in [6, 6.07) is 2.67. The van der Waals surface area contributed by atoms with Gasteiger partial charge in [-0.05, 0) is 67.3 Å². The Hall–Kier alpha value is -1.43. The molecule has 3 aromatic rings. The monoisotopic (exact) mass is 346 g/mol. The number of rotatable bonds is 3. The fourth-order valence-corrected chi connectivity index (χ4v) is 4.62. The van der Waals surface area contributed by atoms with Gasteiger partial charge in [-0.15, -0.1) is 11.3 Å². The van der Waals surface area contributed by atoms with Gasteiger partial charge in [0.25, 0.3) is 0 Å². The molecule has 2 unspecified atom stereocenters. The Morgan fingerprint density at radius 2 is 2.30 bits per heavy atom. The number of hydrogen-bond donors (Lipinski definition) is 1. The molecule has 0 amide bonds. The molecular formula is C17H19ClN4S. The highest BCUT2D eigenvalue weighted by molar-refractivity contribution is 7.13. The summed E-state index contributed by atoms with van der Waals surface area (Å²) in [4.78, 5) is 9.97. The molecule has 1 aliphatic carbocycles. The average Bonchev–Trinajstić information content (AvgIpc) is 3.24. The molecule has 2 N–H and O–H groups in total. The molecule has 0 bridgehead atoms. The molecule has 0 aromatic carbocycles. The number of aryl methyl sites for hydroxylation is 1. The summed E-state index contributed by atoms with van der Waals surface area (Å²) in [5.74, 6) is 0.613. The third-order valence-electron chi connectivity index (χ3n) is 4.78. The largest absolute Gasteiger partial charge is 0.330 e. The zero-order chi connectivity index (χ0) is 16.0. The number of fused-ring (bicyclic) bond motifs is 1. The van der Waals surface area contributed by atoms with Crippen molar-refractivity contribution in [3.8, 4) is 10.4 Å². The number of nitrogens with two attached hydrogens (primary N) is 1. The van der Waals surface area contributed by atoms with E-state index in [1.54, 1.807) is 11.3 Å². The fourth-order valence-electron chi connectivity index (χ4n) is 3.57. The Kier molecular flexibility index (Phi) is 3.87. The van der Waals surface area contributed by atoms with Crippen LogP contribution < -0.4 is 5.73 Å². The number of nitrogens with zero attached hydrogens (tertiary/aromatic N) is 3. The van der Waals surface area contributed by atoms with E-state index in [9.17, 15) is 0 Å². The van der Waals surface area contributed by atoms with Crippen molar-refractivity contribution >= 4 is 34.0 Å². The second-order valence-electron chi connectivity index (χ2n) is 6.38. The van der Waals surface area contributed by atoms with Gasteiger partial charge in [0.15, 0.2) is 0 Å². The van der Waals surface area contributed by atoms with Gasteiger partial charge >= 0.3 is 0 Å². The Bertz CT molecular complexity index is 854. The van der Waals surface area contributed by atoms with Crippen LogP contribution in [0, 0.1) is 12.8 Å². The van der Waals surface area contributed by atoms with Gasteiger partial charge in [-0.3, -0.25) is 0 Å². The minimum atomic E-state index is 0.305. The molecular weight excluding hydrogens is 328 g/mol. The molecule has 4 rings (SSSR count). The molecule has 120 valence electrons. The summed E-state index contributed by atoms with van der Waals surface area (Å²) in [7, 11) is 0. The average molecular weight is 347 g/mol. The first-order valence-electron chi connectivity index (χ1n) is 7.94. The predicted octanol–water partition coefficient (Wildman–Crippen LogP) is 4.42. The zero-order valence-electron chi connectivity index (χ0n) is 13.0. The van der Waals surface area contributed by atoms with Crippen LogP contribution in [0.3, 0.4) is 0 Å². The molecule has 0 spiro atoms. The highest BCUT2D eigenvalue weighted by atomic mass is 35.5. The molecule has 0 aliphatic heterocycles. The van der Waals surface area contributed by atoms with E-state index in [0.717, 1.165) is 30.4 Å². The molecule has 1 saturated carbocycles. The number of aromatic nitrogens is 3. The van der Waals surface area contributed by atoms with Gasteiger partial charge in [-0.2, -0.15) is 4.98 Å². The van der Waals surface area contributed by atoms with Crippen molar-refractivity contribution in [3.63, 3.8) is 0 Å². The Morgan fingerprint density at radius 1 is 1.43 bits per heavy atom. The number of thiophene rings is 1. The van der Waals surface area contributed by atoms with Crippen molar-refractivity contribution in [1.29, 1.82) is 0 Å². The number of hydrogen-bond acceptors (Lipinski definition) is 4. The second kappa shape index (κ2) is 5.89. The van der Waals surface area contributed by atoms with E-state index in [1.807, 2.05) is 6.20 Å². The van der Waals surface area contributed by atoms with E-state index in [0.29, 0.717) is 17.2 Å². The molecule has 3 heterocycles. The van der Waals surface area contributed by atoms with Crippen molar-refractivity contribution < 1.29 is 0 Å². The van der Waals surface area contributed by atoms with E-state index in [1.165, 1.54) is 22.4 Å². The van der Waals surface area contributed by atoms with Crippen LogP contribution in [-0.2, 0) is 0 Å². The van der Waals surface area contributed by atoms with Gasteiger partial charge in [0, 0.05) is 34.3 Å². The van der Waals surface area contributed by atoms with Gasteiger partial charge < -0.3 is 10.3 Å². The lowest BCUT2D eigenvalue weighted by Gasteiger charge is -2.13. The molecule has 4 nitrogen and oxygen atoms in total. The maximum atomic E-state index is 6.06. The highest BCUT2D eigenvalue weighted by Crippen LogP contribution is 2.40. The smallest absolute Gasteiger partial charge is 0.224 e. The van der Waals surface area contributed by atoms with E-state index in [4.69, 9.17) is 17.3 Å². The summed E-state index contributed by atoms with van der Waals surface area (Å²) in [5.41, 5.74) is 9.28. The molecule has 23 heavy (non-hydrogen) atoms. The summed E-state index contributed by atoms with van der Waals surface area (Å²) in [5, 5.41) is 3.56. The Morgan fingerprint density at radius 3 is 3.00 bits per heavy atom. The van der Waals surface area contributed by atoms with Crippen molar-refractivity contribution in [3.05, 3.63) is 34.7 Å². The minimum absolute atomic E-state index is 0.305. The zero-order valence-corrected chi connectivity index (χ0v) is 14.6. The first kappa shape index (κ1) is 15.1. The topological polar surface area (TPSA) is 56.7 Å². The fraction of sp³-hybridized carbons (Fsp3) is 0.412. The third-order valence-corrected chi connectivity index (χ3v) is 6.04. The quantitative estimate of drug-likeness (QED) is 0.714. The van der Waals surface area contributed by atoms with E-state index >= 15 is 0 Å². The van der Waals surface area contributed by atoms with Crippen LogP contribution >= 0.6 is 22.9 Å². The van der Waals surface area contributed by atoms with Crippen molar-refractivity contribution in [2.75, 3.05) is 6.54 Å². The first-order valence-corrected chi connectivity index (χ1v) is 9.20. The molecule has 2 atom stereocenters. The minimum Gasteiger partial charge on any atom is -0.330 e. The van der Waals surface area contributed by atoms with Crippen molar-refractivity contribution in [2.24, 2.45) is 11.7 Å². The molecule has 0 radical (unpaired) electrons. The SMILES string of the molecule is Cc1csc(-c2cn(C3CCC(CN)C3)c3nc(Cl)ncc23)c1. The van der Waals surface area contributed by atoms with Crippen LogP contribution in [0.1, 0.15) is 30.9 Å². The summed E-state index contributed by atoms with van der Waals surface area (Å²) in [6.07, 6.45) is 7.53. The standard InChI is InChI=1S/C17H19ClN4S/c1-10-4-15(23-9-10)14-8-22(12-3-2-11(5-12)6-19)16-13(14)7-20-17(18)21-16/h4,7-9,11-12H,2-3,5-6,19H2,1H3. The van der Waals surface area contributed by atoms with Gasteiger partial charge in [0.1, 0.15) is 5.65 Å². The maximum absolute atomic E-state index is 6.06. The first-order chi connectivity index (χ1) is 11.2. The van der Waals surface area contributed by atoms with Crippen LogP contribution in [0.4, 0.5) is 0 Å². The van der Waals surface area contributed by atoms with Gasteiger partial charge in [-0.1, -0.05) is 0 Å². The lowest BCUT2D eigenvalue weighted by atomic mass is 10.1. The maximum Gasteiger partial charge on any atom is 0.224 e. The Labute approximate surface area is 144 Å². The van der Waals surface area contributed by atoms with Crippen molar-refractivity contribution in [2.45, 2.75) is 32.2 Å². The van der Waals surface area contributed by atoms with Crippen LogP contribution in [0.25, 0.3) is 21.5 Å². The van der Waals surface area contributed by atoms with Gasteiger partial charge in [0.2, 0.25) is 5.28 Å². The normalized spacial score (nSPS) is 21.3. The Balaban J connectivity index is 1.86. The molecule has 6 heteroatoms. The molecule has 0 saturated heterocycles. The van der Waals surface area contributed by atoms with Gasteiger partial charge in [0.05, 0.1) is 0 Å². The van der Waals surface area contributed by atoms with E-state index in [2.05, 4.69) is 39.1 Å². The summed E-state index contributed by atoms with van der Waals surface area (Å²) < 4.78 is 2.29. The molecule has 1 fully saturated rings. The van der Waals surface area contributed by atoms with Crippen LogP contribution in [0.2, 0.25) is 5.28 Å². The predicted molar refractivity (Wildman–Crippen MR) is 96.0 cm³/mol. The number of halogens is 1. The second-order valence-corrected chi connectivity index (χ2v) is 7.63. The lowest BCUT2D eigenvalue weighted by molar-refractivity contribution is 0.490. The van der Waals surface area contributed by atoms with Crippen LogP contribution in [0.15, 0.2) is 23.8 Å². The molecule has 3 aromatic heterocycles. The summed E-state index contributed by atoms with van der Waals surface area (Å²) >= 11 is 7.82. The van der Waals surface area contributed by atoms with E-state index < -0.39 is 0 Å². The third kappa shape index (κ3) is 2.67. The lowest BCUT2D eigenvalue weighted by Crippen LogP contribution is -2.12. The van der Waals surface area contributed by atoms with E-state index in [-0.39, 0.29) is 0 Å². The van der Waals surface area contributed by atoms with Crippen LogP contribution in [0.5, 0.6) is 0 Å². The van der Waals surface area contributed by atoms with Crippen LogP contribution in [-0.4, -0.2) is 21.1 Å². The van der Waals surface area contributed by atoms with Gasteiger partial charge in [-0.25, -0.2) is 4.98 Å². The molecule has 1 aliphatic rings.